The van der Waals surface area contributed by atoms with Crippen molar-refractivity contribution in [2.75, 3.05) is 43.0 Å². The third kappa shape index (κ3) is 8.61. The highest BCUT2D eigenvalue weighted by Crippen LogP contribution is 2.37. The quantitative estimate of drug-likeness (QED) is 0.178. The van der Waals surface area contributed by atoms with Crippen molar-refractivity contribution >= 4 is 43.1 Å². The molecule has 0 fully saturated rings. The van der Waals surface area contributed by atoms with E-state index in [1.807, 2.05) is 40.0 Å². The lowest BCUT2D eigenvalue weighted by Crippen LogP contribution is -2.30. The van der Waals surface area contributed by atoms with E-state index in [1.54, 1.807) is 14.1 Å². The molecule has 0 amide bonds. The maximum atomic E-state index is 13.9. The second kappa shape index (κ2) is 13.9. The number of thioether (sulfide) groups is 1. The van der Waals surface area contributed by atoms with E-state index in [2.05, 4.69) is 20.6 Å². The maximum absolute atomic E-state index is 13.9. The Bertz CT molecular complexity index is 1760. The SMILES string of the molecule is CN(C)CCC(CSc1ccccc1)Nc1ccc(S(=O)(=O)Nc2nc(C(F)(F)F)nc3c2CCNC3)cc1S(=O)(=O)C(F)(F)F. The summed E-state index contributed by atoms with van der Waals surface area (Å²) in [5.41, 5.74) is -6.32. The fourth-order valence-electron chi connectivity index (χ4n) is 4.44. The zero-order valence-corrected chi connectivity index (χ0v) is 26.9. The molecule has 2 heterocycles. The minimum atomic E-state index is -6.10. The molecule has 2 aromatic carbocycles. The predicted octanol–water partition coefficient (Wildman–Crippen LogP) is 4.76. The Morgan fingerprint density at radius 2 is 1.70 bits per heavy atom. The summed E-state index contributed by atoms with van der Waals surface area (Å²) in [4.78, 5) is 7.23. The average Bonchev–Trinajstić information content (AvgIpc) is 2.97. The number of aromatic nitrogens is 2. The summed E-state index contributed by atoms with van der Waals surface area (Å²) in [5.74, 6) is -2.01. The summed E-state index contributed by atoms with van der Waals surface area (Å²) >= 11 is 1.39. The molecule has 0 saturated carbocycles. The van der Waals surface area contributed by atoms with Gasteiger partial charge in [0.15, 0.2) is 0 Å². The second-order valence-corrected chi connectivity index (χ2v) is 15.2. The highest BCUT2D eigenvalue weighted by molar-refractivity contribution is 7.99. The van der Waals surface area contributed by atoms with Gasteiger partial charge in [0.05, 0.1) is 16.3 Å². The van der Waals surface area contributed by atoms with E-state index in [0.29, 0.717) is 24.8 Å². The van der Waals surface area contributed by atoms with Gasteiger partial charge in [-0.15, -0.1) is 11.8 Å². The number of rotatable bonds is 12. The van der Waals surface area contributed by atoms with Gasteiger partial charge < -0.3 is 15.5 Å². The van der Waals surface area contributed by atoms with E-state index in [4.69, 9.17) is 0 Å². The molecule has 1 aromatic heterocycles. The molecular weight excluding hydrogens is 683 g/mol. The molecule has 252 valence electrons. The van der Waals surface area contributed by atoms with Gasteiger partial charge in [-0.25, -0.2) is 26.8 Å². The number of nitrogens with one attached hydrogen (secondary N) is 3. The third-order valence-corrected chi connectivity index (χ3v) is 10.8. The fraction of sp³-hybridized carbons (Fsp3) is 0.407. The van der Waals surface area contributed by atoms with Crippen LogP contribution >= 0.6 is 11.8 Å². The van der Waals surface area contributed by atoms with Gasteiger partial charge in [0, 0.05) is 28.8 Å². The largest absolute Gasteiger partial charge is 0.501 e. The number of fused-ring (bicyclic) bond motifs is 1. The summed E-state index contributed by atoms with van der Waals surface area (Å²) in [6.45, 7) is 0.646. The lowest BCUT2D eigenvalue weighted by molar-refractivity contribution is -0.145. The van der Waals surface area contributed by atoms with E-state index in [1.165, 1.54) is 11.8 Å². The molecule has 46 heavy (non-hydrogen) atoms. The summed E-state index contributed by atoms with van der Waals surface area (Å²) in [6.07, 6.45) is -4.59. The van der Waals surface area contributed by atoms with Gasteiger partial charge in [-0.2, -0.15) is 26.3 Å². The van der Waals surface area contributed by atoms with Gasteiger partial charge in [-0.3, -0.25) is 4.72 Å². The van der Waals surface area contributed by atoms with Crippen LogP contribution in [0.1, 0.15) is 23.5 Å². The number of halogens is 6. The molecule has 1 aliphatic heterocycles. The van der Waals surface area contributed by atoms with Crippen LogP contribution in [0.5, 0.6) is 0 Å². The fourth-order valence-corrected chi connectivity index (χ4v) is 7.51. The van der Waals surface area contributed by atoms with Crippen molar-refractivity contribution in [2.24, 2.45) is 0 Å². The highest BCUT2D eigenvalue weighted by atomic mass is 32.2. The maximum Gasteiger partial charge on any atom is 0.501 e. The van der Waals surface area contributed by atoms with Crippen LogP contribution < -0.4 is 15.4 Å². The van der Waals surface area contributed by atoms with E-state index in [-0.39, 0.29) is 30.8 Å². The Morgan fingerprint density at radius 1 is 1.00 bits per heavy atom. The van der Waals surface area contributed by atoms with Crippen LogP contribution in [-0.2, 0) is 39.0 Å². The number of benzene rings is 2. The smallest absolute Gasteiger partial charge is 0.380 e. The number of hydrogen-bond donors (Lipinski definition) is 3. The first kappa shape index (κ1) is 35.7. The van der Waals surface area contributed by atoms with Gasteiger partial charge in [0.1, 0.15) is 10.7 Å². The van der Waals surface area contributed by atoms with Crippen molar-refractivity contribution in [3.8, 4) is 0 Å². The first-order chi connectivity index (χ1) is 21.4. The zero-order chi connectivity index (χ0) is 33.9. The summed E-state index contributed by atoms with van der Waals surface area (Å²) in [5, 5.41) is 5.67. The van der Waals surface area contributed by atoms with Crippen LogP contribution in [0.25, 0.3) is 0 Å². The van der Waals surface area contributed by atoms with Crippen LogP contribution in [0.4, 0.5) is 37.8 Å². The molecule has 3 N–H and O–H groups in total. The molecule has 1 atom stereocenters. The van der Waals surface area contributed by atoms with Crippen molar-refractivity contribution in [1.29, 1.82) is 0 Å². The predicted molar refractivity (Wildman–Crippen MR) is 161 cm³/mol. The van der Waals surface area contributed by atoms with Gasteiger partial charge >= 0.3 is 11.7 Å². The van der Waals surface area contributed by atoms with Gasteiger partial charge in [0.25, 0.3) is 19.9 Å². The van der Waals surface area contributed by atoms with Crippen LogP contribution in [0.3, 0.4) is 0 Å². The van der Waals surface area contributed by atoms with Gasteiger partial charge in [-0.05, 0) is 70.4 Å². The number of anilines is 2. The number of alkyl halides is 6. The van der Waals surface area contributed by atoms with Crippen LogP contribution in [0, 0.1) is 0 Å². The molecule has 1 aliphatic rings. The molecular formula is C27H30F6N6O4S3. The molecule has 1 unspecified atom stereocenters. The molecule has 3 aromatic rings. The molecule has 0 radical (unpaired) electrons. The Hall–Kier alpha value is -3.13. The summed E-state index contributed by atoms with van der Waals surface area (Å²) in [7, 11) is -7.47. The van der Waals surface area contributed by atoms with Crippen molar-refractivity contribution < 1.29 is 43.2 Å². The average molecular weight is 713 g/mol. The standard InChI is InChI=1S/C27H30F6N6O4S3/c1-39(2)13-11-17(16-44-18-6-4-3-5-7-18)35-21-9-8-19(14-23(21)45(40,41)27(31,32)33)46(42,43)38-24-20-10-12-34-15-22(20)36-25(37-24)26(28,29)30/h3-9,14,17,34-35H,10-13,15-16H2,1-2H3,(H,36,37,38). The van der Waals surface area contributed by atoms with Crippen molar-refractivity contribution in [3.63, 3.8) is 0 Å². The minimum absolute atomic E-state index is 0.0528. The summed E-state index contributed by atoms with van der Waals surface area (Å²) < 4.78 is 136. The first-order valence-electron chi connectivity index (χ1n) is 13.6. The van der Waals surface area contributed by atoms with Gasteiger partial charge in [0.2, 0.25) is 5.82 Å². The zero-order valence-electron chi connectivity index (χ0n) is 24.4. The first-order valence-corrected chi connectivity index (χ1v) is 17.6. The molecule has 10 nitrogen and oxygen atoms in total. The number of hydrogen-bond acceptors (Lipinski definition) is 10. The van der Waals surface area contributed by atoms with E-state index in [9.17, 15) is 43.2 Å². The minimum Gasteiger partial charge on any atom is -0.380 e. The van der Waals surface area contributed by atoms with E-state index in [0.717, 1.165) is 17.0 Å². The molecule has 0 saturated heterocycles. The lowest BCUT2D eigenvalue weighted by atomic mass is 10.1. The van der Waals surface area contributed by atoms with Gasteiger partial charge in [-0.1, -0.05) is 18.2 Å². The van der Waals surface area contributed by atoms with Crippen LogP contribution in [0.15, 0.2) is 63.2 Å². The molecule has 4 rings (SSSR count). The van der Waals surface area contributed by atoms with Crippen molar-refractivity contribution in [2.45, 2.75) is 51.8 Å². The topological polar surface area (TPSA) is 133 Å². The lowest BCUT2D eigenvalue weighted by Gasteiger charge is -2.24. The Morgan fingerprint density at radius 3 is 2.33 bits per heavy atom. The Balaban J connectivity index is 1.74. The number of sulfonamides is 1. The van der Waals surface area contributed by atoms with E-state index < -0.39 is 64.7 Å². The Kier molecular flexibility index (Phi) is 10.8. The molecule has 19 heteroatoms. The molecule has 0 spiro atoms. The van der Waals surface area contributed by atoms with Crippen LogP contribution in [0.2, 0.25) is 0 Å². The van der Waals surface area contributed by atoms with Crippen molar-refractivity contribution in [3.05, 3.63) is 65.6 Å². The number of nitrogens with zero attached hydrogens (tertiary/aromatic N) is 3. The third-order valence-electron chi connectivity index (χ3n) is 6.76. The summed E-state index contributed by atoms with van der Waals surface area (Å²) in [6, 6.07) is 10.6. The van der Waals surface area contributed by atoms with Crippen molar-refractivity contribution in [1.82, 2.24) is 20.2 Å². The highest BCUT2D eigenvalue weighted by Gasteiger charge is 2.48. The van der Waals surface area contributed by atoms with Crippen LogP contribution in [-0.4, -0.2) is 76.2 Å². The van der Waals surface area contributed by atoms with E-state index >= 15 is 0 Å². The number of sulfone groups is 1. The molecule has 0 bridgehead atoms. The molecule has 0 aliphatic carbocycles. The monoisotopic (exact) mass is 712 g/mol. The Labute approximate surface area is 266 Å². The normalized spacial score (nSPS) is 15.0. The second-order valence-electron chi connectivity index (χ2n) is 10.5.